The number of ether oxygens (including phenoxy) is 1. The van der Waals surface area contributed by atoms with Crippen LogP contribution < -0.4 is 10.1 Å². The van der Waals surface area contributed by atoms with Gasteiger partial charge in [-0.25, -0.2) is 9.97 Å². The summed E-state index contributed by atoms with van der Waals surface area (Å²) >= 11 is 3.03. The number of rotatable bonds is 7. The van der Waals surface area contributed by atoms with E-state index in [1.54, 1.807) is 0 Å². The SMILES string of the molecule is Cc1nc2c(cc(OCC(=O)NCCC(O)(c3nccn3C)C(F)(F)F)c3ccsc32)s1. The van der Waals surface area contributed by atoms with Gasteiger partial charge in [0.05, 0.1) is 19.9 Å². The molecule has 0 spiro atoms. The lowest BCUT2D eigenvalue weighted by atomic mass is 9.97. The largest absolute Gasteiger partial charge is 0.483 e. The molecule has 0 saturated heterocycles. The van der Waals surface area contributed by atoms with Gasteiger partial charge >= 0.3 is 6.18 Å². The van der Waals surface area contributed by atoms with Gasteiger partial charge in [0.2, 0.25) is 5.60 Å². The molecule has 0 radical (unpaired) electrons. The number of carbonyl (C=O) groups is 1. The van der Waals surface area contributed by atoms with Gasteiger partial charge < -0.3 is 19.7 Å². The third-order valence-corrected chi connectivity index (χ3v) is 6.83. The van der Waals surface area contributed by atoms with Gasteiger partial charge in [0.25, 0.3) is 5.91 Å². The summed E-state index contributed by atoms with van der Waals surface area (Å²) in [7, 11) is 1.36. The Morgan fingerprint density at radius 2 is 2.16 bits per heavy atom. The van der Waals surface area contributed by atoms with Crippen molar-refractivity contribution in [1.29, 1.82) is 0 Å². The number of alkyl halides is 3. The second kappa shape index (κ2) is 8.34. The van der Waals surface area contributed by atoms with Crippen molar-refractivity contribution in [1.82, 2.24) is 19.9 Å². The lowest BCUT2D eigenvalue weighted by Gasteiger charge is -2.29. The molecule has 1 unspecified atom stereocenters. The minimum atomic E-state index is -4.96. The van der Waals surface area contributed by atoms with E-state index in [4.69, 9.17) is 4.74 Å². The summed E-state index contributed by atoms with van der Waals surface area (Å²) in [6.45, 7) is 1.12. The Balaban J connectivity index is 1.41. The topological polar surface area (TPSA) is 89.3 Å². The van der Waals surface area contributed by atoms with Crippen LogP contribution in [-0.4, -0.2) is 44.9 Å². The fourth-order valence-electron chi connectivity index (χ4n) is 3.43. The normalized spacial score (nSPS) is 14.1. The maximum atomic E-state index is 13.5. The Labute approximate surface area is 188 Å². The number of benzene rings is 1. The molecule has 0 aliphatic carbocycles. The molecule has 4 rings (SSSR count). The van der Waals surface area contributed by atoms with Crippen LogP contribution in [0.1, 0.15) is 17.3 Å². The summed E-state index contributed by atoms with van der Waals surface area (Å²) < 4.78 is 49.3. The average molecular weight is 485 g/mol. The zero-order chi connectivity index (χ0) is 23.1. The first kappa shape index (κ1) is 22.5. The van der Waals surface area contributed by atoms with E-state index in [1.165, 1.54) is 42.1 Å². The smallest absolute Gasteiger partial charge is 0.424 e. The van der Waals surface area contributed by atoms with E-state index in [-0.39, 0.29) is 6.61 Å². The zero-order valence-corrected chi connectivity index (χ0v) is 18.7. The lowest BCUT2D eigenvalue weighted by Crippen LogP contribution is -2.47. The lowest BCUT2D eigenvalue weighted by molar-refractivity contribution is -0.272. The number of aliphatic hydroxyl groups is 1. The first-order chi connectivity index (χ1) is 15.1. The number of aryl methyl sites for hydroxylation is 2. The molecule has 1 aromatic carbocycles. The summed E-state index contributed by atoms with van der Waals surface area (Å²) in [6.07, 6.45) is -3.26. The second-order valence-corrected chi connectivity index (χ2v) is 9.38. The molecule has 3 aromatic heterocycles. The van der Waals surface area contributed by atoms with Gasteiger partial charge in [-0.2, -0.15) is 13.2 Å². The van der Waals surface area contributed by atoms with Crippen molar-refractivity contribution in [2.75, 3.05) is 13.2 Å². The highest BCUT2D eigenvalue weighted by molar-refractivity contribution is 7.21. The average Bonchev–Trinajstić information content (AvgIpc) is 3.43. The molecule has 1 amide bonds. The van der Waals surface area contributed by atoms with Gasteiger partial charge in [0, 0.05) is 43.9 Å². The molecule has 12 heteroatoms. The number of hydrogen-bond donors (Lipinski definition) is 2. The molecular formula is C20H19F3N4O3S2. The minimum absolute atomic E-state index is 0.374. The first-order valence-corrected chi connectivity index (χ1v) is 11.2. The molecular weight excluding hydrogens is 465 g/mol. The quantitative estimate of drug-likeness (QED) is 0.416. The highest BCUT2D eigenvalue weighted by atomic mass is 32.1. The van der Waals surface area contributed by atoms with Gasteiger partial charge in [-0.05, 0) is 18.4 Å². The predicted molar refractivity (Wildman–Crippen MR) is 116 cm³/mol. The van der Waals surface area contributed by atoms with E-state index < -0.39 is 36.5 Å². The van der Waals surface area contributed by atoms with Gasteiger partial charge in [-0.15, -0.1) is 22.7 Å². The molecule has 0 bridgehead atoms. The van der Waals surface area contributed by atoms with Crippen molar-refractivity contribution in [2.24, 2.45) is 7.05 Å². The Bertz CT molecular complexity index is 1280. The molecule has 1 atom stereocenters. The monoisotopic (exact) mass is 484 g/mol. The molecule has 32 heavy (non-hydrogen) atoms. The molecule has 7 nitrogen and oxygen atoms in total. The van der Waals surface area contributed by atoms with Crippen LogP contribution in [0.2, 0.25) is 0 Å². The van der Waals surface area contributed by atoms with E-state index >= 15 is 0 Å². The van der Waals surface area contributed by atoms with Crippen molar-refractivity contribution in [3.8, 4) is 5.75 Å². The van der Waals surface area contributed by atoms with Crippen LogP contribution in [0.15, 0.2) is 29.9 Å². The van der Waals surface area contributed by atoms with E-state index in [0.717, 1.165) is 29.9 Å². The number of thiazole rings is 1. The zero-order valence-electron chi connectivity index (χ0n) is 17.1. The van der Waals surface area contributed by atoms with Crippen molar-refractivity contribution < 1.29 is 27.8 Å². The standard InChI is InChI=1S/C20H19F3N4O3S2/c1-11-26-16-14(32-11)9-13(12-3-8-31-17(12)16)30-10-15(28)24-5-4-19(29,20(21,22)23)18-25-6-7-27(18)2/h3,6-9,29H,4-5,10H2,1-2H3,(H,24,28). The minimum Gasteiger partial charge on any atom is -0.483 e. The number of nitrogens with zero attached hydrogens (tertiary/aromatic N) is 3. The van der Waals surface area contributed by atoms with E-state index in [2.05, 4.69) is 15.3 Å². The third kappa shape index (κ3) is 4.05. The van der Waals surface area contributed by atoms with Crippen molar-refractivity contribution in [3.63, 3.8) is 0 Å². The van der Waals surface area contributed by atoms with Crippen molar-refractivity contribution in [3.05, 3.63) is 40.7 Å². The Morgan fingerprint density at radius 1 is 1.38 bits per heavy atom. The van der Waals surface area contributed by atoms with Gasteiger partial charge in [-0.3, -0.25) is 4.79 Å². The van der Waals surface area contributed by atoms with Crippen LogP contribution in [0.3, 0.4) is 0 Å². The number of nitrogens with one attached hydrogen (secondary N) is 1. The number of halogens is 3. The number of carbonyl (C=O) groups excluding carboxylic acids is 1. The number of amides is 1. The summed E-state index contributed by atoms with van der Waals surface area (Å²) in [5.41, 5.74) is -2.30. The highest BCUT2D eigenvalue weighted by Crippen LogP contribution is 2.41. The Kier molecular flexibility index (Phi) is 5.86. The van der Waals surface area contributed by atoms with E-state index in [9.17, 15) is 23.1 Å². The van der Waals surface area contributed by atoms with Crippen LogP contribution in [-0.2, 0) is 17.4 Å². The number of imidazole rings is 1. The summed E-state index contributed by atoms with van der Waals surface area (Å²) in [5.74, 6) is -0.630. The van der Waals surface area contributed by atoms with E-state index in [0.29, 0.717) is 5.75 Å². The Hall–Kier alpha value is -2.70. The number of thiophene rings is 1. The fraction of sp³-hybridized carbons (Fsp3) is 0.350. The molecule has 4 aromatic rings. The Morgan fingerprint density at radius 3 is 2.84 bits per heavy atom. The van der Waals surface area contributed by atoms with E-state index in [1.807, 2.05) is 24.4 Å². The molecule has 3 heterocycles. The summed E-state index contributed by atoms with van der Waals surface area (Å²) in [4.78, 5) is 20.4. The van der Waals surface area contributed by atoms with Gasteiger partial charge in [-0.1, -0.05) is 0 Å². The second-order valence-electron chi connectivity index (χ2n) is 7.23. The van der Waals surface area contributed by atoms with Crippen LogP contribution in [0.25, 0.3) is 20.3 Å². The molecule has 170 valence electrons. The fourth-order valence-corrected chi connectivity index (χ4v) is 5.26. The third-order valence-electron chi connectivity index (χ3n) is 5.00. The predicted octanol–water partition coefficient (Wildman–Crippen LogP) is 3.89. The number of hydrogen-bond acceptors (Lipinski definition) is 7. The maximum absolute atomic E-state index is 13.5. The van der Waals surface area contributed by atoms with Crippen LogP contribution in [0, 0.1) is 6.92 Å². The molecule has 0 aliphatic heterocycles. The molecule has 0 fully saturated rings. The summed E-state index contributed by atoms with van der Waals surface area (Å²) in [6, 6.07) is 3.68. The molecule has 2 N–H and O–H groups in total. The molecule has 0 saturated carbocycles. The number of aromatic nitrogens is 3. The first-order valence-electron chi connectivity index (χ1n) is 9.54. The van der Waals surface area contributed by atoms with Gasteiger partial charge in [0.1, 0.15) is 11.6 Å². The van der Waals surface area contributed by atoms with Gasteiger partial charge in [0.15, 0.2) is 6.61 Å². The maximum Gasteiger partial charge on any atom is 0.424 e. The van der Waals surface area contributed by atoms with Crippen LogP contribution >= 0.6 is 22.7 Å². The highest BCUT2D eigenvalue weighted by Gasteiger charge is 2.57. The van der Waals surface area contributed by atoms with Crippen molar-refractivity contribution >= 4 is 48.9 Å². The van der Waals surface area contributed by atoms with Crippen LogP contribution in [0.4, 0.5) is 13.2 Å². The summed E-state index contributed by atoms with van der Waals surface area (Å²) in [5, 5.41) is 16.3. The number of fused-ring (bicyclic) bond motifs is 3. The van der Waals surface area contributed by atoms with Crippen molar-refractivity contribution in [2.45, 2.75) is 25.1 Å². The molecule has 0 aliphatic rings. The van der Waals surface area contributed by atoms with Crippen LogP contribution in [0.5, 0.6) is 5.75 Å².